The molecule has 0 aliphatic carbocycles. The molecule has 6 nitrogen and oxygen atoms in total. The molecular weight excluding hydrogens is 340 g/mol. The Hall–Kier alpha value is -1.47. The molecule has 0 aromatic heterocycles. The van der Waals surface area contributed by atoms with Crippen LogP contribution in [0.5, 0.6) is 5.75 Å². The molecule has 0 aliphatic rings. The van der Waals surface area contributed by atoms with Crippen molar-refractivity contribution in [2.75, 3.05) is 17.7 Å². The van der Waals surface area contributed by atoms with E-state index in [1.54, 1.807) is 12.1 Å². The molecule has 0 bridgehead atoms. The summed E-state index contributed by atoms with van der Waals surface area (Å²) in [5.41, 5.74) is -0.258. The first-order valence-corrected chi connectivity index (χ1v) is 9.24. The summed E-state index contributed by atoms with van der Waals surface area (Å²) in [5, 5.41) is 3.12. The molecule has 1 aromatic carbocycles. The molecule has 130 valence electrons. The van der Waals surface area contributed by atoms with Crippen LogP contribution in [-0.4, -0.2) is 39.3 Å². The molecule has 0 spiro atoms. The number of amides is 1. The van der Waals surface area contributed by atoms with Crippen molar-refractivity contribution in [3.63, 3.8) is 0 Å². The van der Waals surface area contributed by atoms with Crippen molar-refractivity contribution in [3.05, 3.63) is 23.2 Å². The third-order valence-electron chi connectivity index (χ3n) is 2.97. The number of benzene rings is 1. The van der Waals surface area contributed by atoms with Gasteiger partial charge in [-0.25, -0.2) is 8.42 Å². The molecule has 0 saturated carbocycles. The Morgan fingerprint density at radius 1 is 1.35 bits per heavy atom. The van der Waals surface area contributed by atoms with Crippen LogP contribution in [0.25, 0.3) is 0 Å². The summed E-state index contributed by atoms with van der Waals surface area (Å²) >= 11 is 5.98. The van der Waals surface area contributed by atoms with Gasteiger partial charge in [0.2, 0.25) is 15.9 Å². The minimum atomic E-state index is -3.73. The molecule has 0 saturated heterocycles. The number of hydrogen-bond acceptors (Lipinski definition) is 4. The molecule has 1 rings (SSSR count). The van der Waals surface area contributed by atoms with E-state index in [1.807, 2.05) is 20.8 Å². The van der Waals surface area contributed by atoms with Crippen LogP contribution in [0.2, 0.25) is 5.02 Å². The number of halogens is 1. The predicted molar refractivity (Wildman–Crippen MR) is 92.7 cm³/mol. The summed E-state index contributed by atoms with van der Waals surface area (Å²) in [6.45, 7) is 6.98. The van der Waals surface area contributed by atoms with Crippen LogP contribution in [0.1, 0.15) is 27.7 Å². The van der Waals surface area contributed by atoms with E-state index in [0.717, 1.165) is 10.6 Å². The largest absolute Gasteiger partial charge is 0.495 e. The molecular formula is C15H23ClN2O4S. The number of nitrogens with zero attached hydrogens (tertiary/aromatic N) is 1. The summed E-state index contributed by atoms with van der Waals surface area (Å²) in [5.74, 6) is -0.0970. The third kappa shape index (κ3) is 5.28. The standard InChI is InChI=1S/C15H23ClN2O4S/c1-10(14(19)17-15(2,3)4)18(23(6,20)21)12-9-11(16)7-8-13(12)22-5/h7-10H,1-6H3,(H,17,19)/t10-/m1/s1. The number of carbonyl (C=O) groups is 1. The van der Waals surface area contributed by atoms with Gasteiger partial charge in [-0.2, -0.15) is 0 Å². The number of rotatable bonds is 5. The predicted octanol–water partition coefficient (Wildman–Crippen LogP) is 2.42. The van der Waals surface area contributed by atoms with Crippen LogP contribution >= 0.6 is 11.6 Å². The van der Waals surface area contributed by atoms with E-state index in [2.05, 4.69) is 5.32 Å². The van der Waals surface area contributed by atoms with E-state index < -0.39 is 27.5 Å². The first kappa shape index (κ1) is 19.6. The lowest BCUT2D eigenvalue weighted by Gasteiger charge is -2.31. The Morgan fingerprint density at radius 2 is 1.91 bits per heavy atom. The maximum atomic E-state index is 12.4. The van der Waals surface area contributed by atoms with E-state index in [1.165, 1.54) is 20.1 Å². The Balaban J connectivity index is 3.38. The molecule has 0 heterocycles. The van der Waals surface area contributed by atoms with Crippen molar-refractivity contribution < 1.29 is 17.9 Å². The lowest BCUT2D eigenvalue weighted by atomic mass is 10.1. The molecule has 1 atom stereocenters. The van der Waals surface area contributed by atoms with Crippen LogP contribution in [0.15, 0.2) is 18.2 Å². The Morgan fingerprint density at radius 3 is 2.35 bits per heavy atom. The molecule has 23 heavy (non-hydrogen) atoms. The number of sulfonamides is 1. The zero-order valence-corrected chi connectivity index (χ0v) is 15.7. The van der Waals surface area contributed by atoms with E-state index in [-0.39, 0.29) is 5.69 Å². The highest BCUT2D eigenvalue weighted by molar-refractivity contribution is 7.92. The van der Waals surface area contributed by atoms with Gasteiger partial charge < -0.3 is 10.1 Å². The Labute approximate surface area is 142 Å². The minimum absolute atomic E-state index is 0.221. The topological polar surface area (TPSA) is 75.7 Å². The zero-order chi connectivity index (χ0) is 18.0. The van der Waals surface area contributed by atoms with Crippen molar-refractivity contribution in [1.82, 2.24) is 5.32 Å². The van der Waals surface area contributed by atoms with Gasteiger partial charge in [-0.15, -0.1) is 0 Å². The normalized spacial score (nSPS) is 13.3. The second kappa shape index (κ2) is 6.97. The first-order chi connectivity index (χ1) is 10.4. The number of anilines is 1. The van der Waals surface area contributed by atoms with Gasteiger partial charge in [-0.3, -0.25) is 9.10 Å². The summed E-state index contributed by atoms with van der Waals surface area (Å²) in [6.07, 6.45) is 1.04. The second-order valence-corrected chi connectivity index (χ2v) is 8.59. The molecule has 0 aliphatic heterocycles. The van der Waals surface area contributed by atoms with Crippen molar-refractivity contribution in [3.8, 4) is 5.75 Å². The SMILES string of the molecule is COc1ccc(Cl)cc1N([C@H](C)C(=O)NC(C)(C)C)S(C)(=O)=O. The van der Waals surface area contributed by atoms with Gasteiger partial charge >= 0.3 is 0 Å². The molecule has 1 aromatic rings. The van der Waals surface area contributed by atoms with Crippen LogP contribution in [0.3, 0.4) is 0 Å². The minimum Gasteiger partial charge on any atom is -0.495 e. The van der Waals surface area contributed by atoms with Gasteiger partial charge in [-0.05, 0) is 45.9 Å². The average molecular weight is 363 g/mol. The molecule has 8 heteroatoms. The summed E-state index contributed by atoms with van der Waals surface area (Å²) < 4.78 is 30.8. The summed E-state index contributed by atoms with van der Waals surface area (Å²) in [7, 11) is -2.31. The number of methoxy groups -OCH3 is 1. The Kier molecular flexibility index (Phi) is 5.93. The van der Waals surface area contributed by atoms with Gasteiger partial charge in [0, 0.05) is 10.6 Å². The fourth-order valence-corrected chi connectivity index (χ4v) is 3.43. The van der Waals surface area contributed by atoms with Gasteiger partial charge in [0.05, 0.1) is 19.1 Å². The monoisotopic (exact) mass is 362 g/mol. The van der Waals surface area contributed by atoms with Gasteiger partial charge in [0.25, 0.3) is 0 Å². The molecule has 0 fully saturated rings. The van der Waals surface area contributed by atoms with E-state index in [9.17, 15) is 13.2 Å². The fraction of sp³-hybridized carbons (Fsp3) is 0.533. The van der Waals surface area contributed by atoms with E-state index >= 15 is 0 Å². The lowest BCUT2D eigenvalue weighted by molar-refractivity contribution is -0.123. The molecule has 1 amide bonds. The fourth-order valence-electron chi connectivity index (χ4n) is 2.09. The van der Waals surface area contributed by atoms with E-state index in [4.69, 9.17) is 16.3 Å². The molecule has 1 N–H and O–H groups in total. The Bertz CT molecular complexity index is 683. The van der Waals surface area contributed by atoms with Crippen LogP contribution < -0.4 is 14.4 Å². The maximum absolute atomic E-state index is 12.4. The summed E-state index contributed by atoms with van der Waals surface area (Å²) in [6, 6.07) is 3.65. The van der Waals surface area contributed by atoms with Crippen LogP contribution in [0, 0.1) is 0 Å². The molecule has 0 unspecified atom stereocenters. The quantitative estimate of drug-likeness (QED) is 0.872. The number of hydrogen-bond donors (Lipinski definition) is 1. The van der Waals surface area contributed by atoms with Crippen LogP contribution in [0.4, 0.5) is 5.69 Å². The van der Waals surface area contributed by atoms with Crippen molar-refractivity contribution in [2.24, 2.45) is 0 Å². The van der Waals surface area contributed by atoms with E-state index in [0.29, 0.717) is 10.8 Å². The lowest BCUT2D eigenvalue weighted by Crippen LogP contribution is -2.52. The van der Waals surface area contributed by atoms with Crippen molar-refractivity contribution >= 4 is 33.2 Å². The molecule has 0 radical (unpaired) electrons. The van der Waals surface area contributed by atoms with Gasteiger partial charge in [0.1, 0.15) is 11.8 Å². The summed E-state index contributed by atoms with van der Waals surface area (Å²) in [4.78, 5) is 12.4. The maximum Gasteiger partial charge on any atom is 0.244 e. The van der Waals surface area contributed by atoms with Gasteiger partial charge in [0.15, 0.2) is 0 Å². The highest BCUT2D eigenvalue weighted by Crippen LogP contribution is 2.34. The highest BCUT2D eigenvalue weighted by atomic mass is 35.5. The number of ether oxygens (including phenoxy) is 1. The smallest absolute Gasteiger partial charge is 0.244 e. The van der Waals surface area contributed by atoms with Crippen LogP contribution in [-0.2, 0) is 14.8 Å². The van der Waals surface area contributed by atoms with Crippen molar-refractivity contribution in [1.29, 1.82) is 0 Å². The third-order valence-corrected chi connectivity index (χ3v) is 4.43. The number of carbonyl (C=O) groups excluding carboxylic acids is 1. The highest BCUT2D eigenvalue weighted by Gasteiger charge is 2.32. The second-order valence-electron chi connectivity index (χ2n) is 6.29. The number of nitrogens with one attached hydrogen (secondary N) is 1. The van der Waals surface area contributed by atoms with Crippen molar-refractivity contribution in [2.45, 2.75) is 39.3 Å². The average Bonchev–Trinajstić information content (AvgIpc) is 2.35. The van der Waals surface area contributed by atoms with Gasteiger partial charge in [-0.1, -0.05) is 11.6 Å². The zero-order valence-electron chi connectivity index (χ0n) is 14.2. The first-order valence-electron chi connectivity index (χ1n) is 7.02.